The average Bonchev–Trinajstić information content (AvgIpc) is 3.33. The van der Waals surface area contributed by atoms with E-state index in [0.717, 1.165) is 38.4 Å². The van der Waals surface area contributed by atoms with Gasteiger partial charge in [0.1, 0.15) is 11.9 Å². The first-order valence-corrected chi connectivity index (χ1v) is 16.8. The Bertz CT molecular complexity index is 1650. The topological polar surface area (TPSA) is 112 Å². The van der Waals surface area contributed by atoms with E-state index in [-0.39, 0.29) is 42.4 Å². The van der Waals surface area contributed by atoms with Crippen molar-refractivity contribution in [3.05, 3.63) is 89.7 Å². The molecule has 0 radical (unpaired) electrons. The summed E-state index contributed by atoms with van der Waals surface area (Å²) in [5, 5.41) is 3.10. The Labute approximate surface area is 290 Å². The van der Waals surface area contributed by atoms with E-state index in [1.54, 1.807) is 79.4 Å². The SMILES string of the molecule is CCOC(=O)c1ccc(NC(=O)C[C@H]2C(=O)N(c3ccc(C(=O)OCC)cc3)C(=S)N2CCCN2CCN(c3ccc(F)cc3)CC2)cc1. The maximum absolute atomic E-state index is 13.9. The maximum atomic E-state index is 13.9. The number of piperazine rings is 1. The van der Waals surface area contributed by atoms with Gasteiger partial charge in [0, 0.05) is 44.1 Å². The van der Waals surface area contributed by atoms with Crippen molar-refractivity contribution in [2.24, 2.45) is 0 Å². The Balaban J connectivity index is 1.24. The fraction of sp³-hybridized carbons (Fsp3) is 0.361. The van der Waals surface area contributed by atoms with E-state index in [1.807, 2.05) is 0 Å². The predicted molar refractivity (Wildman–Crippen MR) is 188 cm³/mol. The van der Waals surface area contributed by atoms with Crippen LogP contribution in [-0.2, 0) is 19.1 Å². The minimum atomic E-state index is -0.841. The van der Waals surface area contributed by atoms with E-state index in [1.165, 1.54) is 17.0 Å². The number of amides is 2. The number of carbonyl (C=O) groups is 4. The summed E-state index contributed by atoms with van der Waals surface area (Å²) >= 11 is 5.83. The van der Waals surface area contributed by atoms with Crippen molar-refractivity contribution in [1.29, 1.82) is 0 Å². The first kappa shape index (κ1) is 35.4. The van der Waals surface area contributed by atoms with Gasteiger partial charge >= 0.3 is 11.9 Å². The van der Waals surface area contributed by atoms with Crippen molar-refractivity contribution in [3.63, 3.8) is 0 Å². The van der Waals surface area contributed by atoms with Crippen LogP contribution in [0.1, 0.15) is 47.4 Å². The van der Waals surface area contributed by atoms with Gasteiger partial charge in [0.15, 0.2) is 5.11 Å². The molecule has 0 saturated carbocycles. The summed E-state index contributed by atoms with van der Waals surface area (Å²) < 4.78 is 23.5. The van der Waals surface area contributed by atoms with Gasteiger partial charge in [-0.25, -0.2) is 14.0 Å². The number of halogens is 1. The Morgan fingerprint density at radius 2 is 1.35 bits per heavy atom. The zero-order chi connectivity index (χ0) is 34.9. The number of benzene rings is 3. The van der Waals surface area contributed by atoms with Crippen molar-refractivity contribution < 1.29 is 33.0 Å². The van der Waals surface area contributed by atoms with Crippen LogP contribution < -0.4 is 15.1 Å². The number of nitrogens with one attached hydrogen (secondary N) is 1. The summed E-state index contributed by atoms with van der Waals surface area (Å²) in [5.41, 5.74) is 2.67. The molecule has 11 nitrogen and oxygen atoms in total. The molecule has 258 valence electrons. The molecule has 2 amide bonds. The molecule has 13 heteroatoms. The van der Waals surface area contributed by atoms with Crippen molar-refractivity contribution >= 4 is 58.1 Å². The van der Waals surface area contributed by atoms with Crippen LogP contribution in [0, 0.1) is 5.82 Å². The van der Waals surface area contributed by atoms with Gasteiger partial charge in [0.25, 0.3) is 5.91 Å². The quantitative estimate of drug-likeness (QED) is 0.200. The van der Waals surface area contributed by atoms with Gasteiger partial charge in [0.2, 0.25) is 5.91 Å². The van der Waals surface area contributed by atoms with Gasteiger partial charge in [-0.2, -0.15) is 0 Å². The van der Waals surface area contributed by atoms with Crippen molar-refractivity contribution in [1.82, 2.24) is 9.80 Å². The molecule has 2 heterocycles. The number of nitrogens with zero attached hydrogens (tertiary/aromatic N) is 4. The van der Waals surface area contributed by atoms with Gasteiger partial charge in [-0.05, 0) is 112 Å². The van der Waals surface area contributed by atoms with E-state index in [0.29, 0.717) is 35.5 Å². The standard InChI is InChI=1S/C36H40FN5O6S/c1-3-47-34(45)25-6-12-28(13-7-25)38-32(43)24-31-33(44)42(30-14-8-26(9-15-30)35(46)48-4-2)36(49)41(31)19-5-18-39-20-22-40(23-21-39)29-16-10-27(37)11-17-29/h6-17,31H,3-5,18-24H2,1-2H3,(H,38,43)/t31-/m0/s1. The molecule has 49 heavy (non-hydrogen) atoms. The zero-order valence-corrected chi connectivity index (χ0v) is 28.4. The second kappa shape index (κ2) is 16.5. The van der Waals surface area contributed by atoms with Crippen LogP contribution >= 0.6 is 12.2 Å². The lowest BCUT2D eigenvalue weighted by atomic mass is 10.1. The lowest BCUT2D eigenvalue weighted by Gasteiger charge is -2.36. The maximum Gasteiger partial charge on any atom is 0.338 e. The average molecular weight is 690 g/mol. The van der Waals surface area contributed by atoms with Crippen LogP contribution in [0.2, 0.25) is 0 Å². The summed E-state index contributed by atoms with van der Waals surface area (Å²) in [6, 6.07) is 18.5. The second-order valence-corrected chi connectivity index (χ2v) is 12.0. The van der Waals surface area contributed by atoms with E-state index in [4.69, 9.17) is 21.7 Å². The number of thiocarbonyl (C=S) groups is 1. The van der Waals surface area contributed by atoms with E-state index < -0.39 is 18.0 Å². The minimum absolute atomic E-state index is 0.146. The monoisotopic (exact) mass is 689 g/mol. The van der Waals surface area contributed by atoms with Gasteiger partial charge in [-0.1, -0.05) is 0 Å². The Morgan fingerprint density at radius 3 is 1.92 bits per heavy atom. The van der Waals surface area contributed by atoms with Crippen LogP contribution in [0.4, 0.5) is 21.5 Å². The van der Waals surface area contributed by atoms with Crippen LogP contribution in [0.25, 0.3) is 0 Å². The number of carbonyl (C=O) groups excluding carboxylic acids is 4. The summed E-state index contributed by atoms with van der Waals surface area (Å²) in [6.45, 7) is 8.46. The zero-order valence-electron chi connectivity index (χ0n) is 27.6. The first-order chi connectivity index (χ1) is 23.7. The summed E-state index contributed by atoms with van der Waals surface area (Å²) in [4.78, 5) is 59.2. The Hall–Kier alpha value is -4.88. The Morgan fingerprint density at radius 1 is 0.796 bits per heavy atom. The highest BCUT2D eigenvalue weighted by molar-refractivity contribution is 7.80. The molecule has 2 fully saturated rings. The molecule has 3 aromatic rings. The molecular formula is C36H40FN5O6S. The molecule has 2 saturated heterocycles. The van der Waals surface area contributed by atoms with Gasteiger partial charge in [-0.15, -0.1) is 0 Å². The molecule has 1 N–H and O–H groups in total. The summed E-state index contributed by atoms with van der Waals surface area (Å²) in [7, 11) is 0. The fourth-order valence-corrected chi connectivity index (χ4v) is 6.34. The smallest absolute Gasteiger partial charge is 0.338 e. The van der Waals surface area contributed by atoms with Gasteiger partial charge in [0.05, 0.1) is 36.4 Å². The van der Waals surface area contributed by atoms with Crippen LogP contribution in [-0.4, -0.2) is 97.2 Å². The van der Waals surface area contributed by atoms with Gasteiger partial charge in [-0.3, -0.25) is 19.4 Å². The molecular weight excluding hydrogens is 649 g/mol. The van der Waals surface area contributed by atoms with Crippen molar-refractivity contribution in [3.8, 4) is 0 Å². The van der Waals surface area contributed by atoms with Crippen LogP contribution in [0.5, 0.6) is 0 Å². The van der Waals surface area contributed by atoms with Gasteiger partial charge < -0.3 is 24.6 Å². The lowest BCUT2D eigenvalue weighted by Crippen LogP contribution is -2.47. The number of hydrogen-bond donors (Lipinski definition) is 1. The number of esters is 2. The second-order valence-electron chi connectivity index (χ2n) is 11.6. The molecule has 0 aliphatic carbocycles. The molecule has 3 aromatic carbocycles. The summed E-state index contributed by atoms with van der Waals surface area (Å²) in [5.74, 6) is -1.89. The third-order valence-corrected chi connectivity index (χ3v) is 8.87. The van der Waals surface area contributed by atoms with Crippen molar-refractivity contribution in [2.75, 3.05) is 67.6 Å². The molecule has 5 rings (SSSR count). The highest BCUT2D eigenvalue weighted by atomic mass is 32.1. The molecule has 1 atom stereocenters. The third-order valence-electron chi connectivity index (χ3n) is 8.45. The van der Waals surface area contributed by atoms with Crippen molar-refractivity contribution in [2.45, 2.75) is 32.7 Å². The normalized spacial score (nSPS) is 16.6. The summed E-state index contributed by atoms with van der Waals surface area (Å²) in [6.07, 6.45) is 0.555. The molecule has 0 aromatic heterocycles. The number of anilines is 3. The Kier molecular flexibility index (Phi) is 11.9. The predicted octanol–water partition coefficient (Wildman–Crippen LogP) is 4.72. The molecule has 0 bridgehead atoms. The molecule has 2 aliphatic heterocycles. The highest BCUT2D eigenvalue weighted by Gasteiger charge is 2.44. The minimum Gasteiger partial charge on any atom is -0.462 e. The third kappa shape index (κ3) is 8.78. The largest absolute Gasteiger partial charge is 0.462 e. The first-order valence-electron chi connectivity index (χ1n) is 16.4. The number of ether oxygens (including phenoxy) is 2. The molecule has 0 spiro atoms. The molecule has 2 aliphatic rings. The lowest BCUT2D eigenvalue weighted by molar-refractivity contribution is -0.124. The highest BCUT2D eigenvalue weighted by Crippen LogP contribution is 2.28. The van der Waals surface area contributed by atoms with Crippen LogP contribution in [0.3, 0.4) is 0 Å². The van der Waals surface area contributed by atoms with E-state index >= 15 is 0 Å². The number of hydrogen-bond acceptors (Lipinski definition) is 9. The molecule has 0 unspecified atom stereocenters. The number of rotatable bonds is 13. The van der Waals surface area contributed by atoms with E-state index in [2.05, 4.69) is 15.1 Å². The van der Waals surface area contributed by atoms with E-state index in [9.17, 15) is 23.6 Å². The van der Waals surface area contributed by atoms with Crippen LogP contribution in [0.15, 0.2) is 72.8 Å². The fourth-order valence-electron chi connectivity index (χ4n) is 5.92.